The summed E-state index contributed by atoms with van der Waals surface area (Å²) in [5.41, 5.74) is 12.8. The molecule has 2 atom stereocenters. The second-order valence-corrected chi connectivity index (χ2v) is 51.4. The lowest BCUT2D eigenvalue weighted by atomic mass is 9.87. The Labute approximate surface area is 870 Å². The van der Waals surface area contributed by atoms with Gasteiger partial charge in [0.05, 0.1) is 65.4 Å². The van der Waals surface area contributed by atoms with E-state index in [4.69, 9.17) is 0 Å². The summed E-state index contributed by atoms with van der Waals surface area (Å²) in [4.78, 5) is 18.3. The predicted octanol–water partition coefficient (Wildman–Crippen LogP) is 30.5. The quantitative estimate of drug-likeness (QED) is 0.0784. The second-order valence-electron chi connectivity index (χ2n) is 39.4. The summed E-state index contributed by atoms with van der Waals surface area (Å²) >= 11 is 0. The van der Waals surface area contributed by atoms with E-state index >= 15 is 0 Å². The Morgan fingerprint density at radius 2 is 0.333 bits per heavy atom. The van der Waals surface area contributed by atoms with Crippen LogP contribution >= 0.6 is 0 Å². The summed E-state index contributed by atoms with van der Waals surface area (Å²) in [5, 5.41) is 74.7. The zero-order valence-corrected chi connectivity index (χ0v) is 90.1. The molecule has 144 heavy (non-hydrogen) atoms. The SMILES string of the molecule is CC(C)(C)c1ccc([S+](c2ccc(C(C)(C)C)cc2)c2ccccc2[O-])cc1.Cc1cc(C)cc([S+](c2ccccc2)c2ccccc2[O-])c1.Cc1ccc([S+](c2ccc(C(C)(C)C)cc2)c2ccc(C(C)(C)C)cc2)c([O-])c1.Cc1ccc([S+](c2ccc(C)cc2)c2ccccc2[O-])cc1.Cc1ccc([S+](c2ccccc2)c2ccc(F)cc2[O-])cc1.[O-]c1cc(F)ccc1[S+](c1ccccc1)c1ccccc1. The van der Waals surface area contributed by atoms with E-state index in [1.807, 2.05) is 202 Å². The molecule has 0 radical (unpaired) electrons. The summed E-state index contributed by atoms with van der Waals surface area (Å²) < 4.78 is 26.5. The first-order chi connectivity index (χ1) is 68.7. The van der Waals surface area contributed by atoms with Gasteiger partial charge in [0.2, 0.25) is 0 Å². The fourth-order valence-electron chi connectivity index (χ4n) is 15.9. The predicted molar refractivity (Wildman–Crippen MR) is 589 cm³/mol. The van der Waals surface area contributed by atoms with Gasteiger partial charge < -0.3 is 30.6 Å². The molecule has 0 fully saturated rings. The van der Waals surface area contributed by atoms with Gasteiger partial charge in [-0.05, 0) is 314 Å². The number of rotatable bonds is 18. The molecular formula is C130H126F2O6S6. The van der Waals surface area contributed by atoms with Gasteiger partial charge in [-0.25, -0.2) is 8.78 Å². The molecule has 0 aliphatic carbocycles. The van der Waals surface area contributed by atoms with Gasteiger partial charge in [-0.1, -0.05) is 359 Å². The van der Waals surface area contributed by atoms with Crippen molar-refractivity contribution in [2.45, 2.75) is 234 Å². The van der Waals surface area contributed by atoms with Gasteiger partial charge >= 0.3 is 0 Å². The number of hydrogen-bond acceptors (Lipinski definition) is 6. The van der Waals surface area contributed by atoms with Crippen molar-refractivity contribution in [1.82, 2.24) is 0 Å². The molecule has 0 saturated heterocycles. The van der Waals surface area contributed by atoms with E-state index in [1.165, 1.54) is 101 Å². The van der Waals surface area contributed by atoms with Crippen LogP contribution in [-0.4, -0.2) is 0 Å². The van der Waals surface area contributed by atoms with Gasteiger partial charge in [-0.2, -0.15) is 0 Å². The van der Waals surface area contributed by atoms with E-state index in [0.29, 0.717) is 9.79 Å². The minimum Gasteiger partial charge on any atom is -0.869 e. The Morgan fingerprint density at radius 3 is 0.549 bits per heavy atom. The maximum atomic E-state index is 13.3. The number of halogens is 2. The van der Waals surface area contributed by atoms with Crippen LogP contribution in [0.25, 0.3) is 0 Å². The fourth-order valence-corrected chi connectivity index (χ4v) is 28.7. The summed E-state index contributed by atoms with van der Waals surface area (Å²) in [6.07, 6.45) is 0. The zero-order chi connectivity index (χ0) is 103. The van der Waals surface area contributed by atoms with Crippen molar-refractivity contribution in [3.05, 3.63) is 504 Å². The Kier molecular flexibility index (Phi) is 37.0. The minimum atomic E-state index is -0.522. The minimum absolute atomic E-state index is 0.102. The molecule has 18 aromatic rings. The summed E-state index contributed by atoms with van der Waals surface area (Å²) in [5.74, 6) is -1.07. The lowest BCUT2D eigenvalue weighted by molar-refractivity contribution is -0.273. The molecule has 0 aromatic heterocycles. The smallest absolute Gasteiger partial charge is 0.167 e. The monoisotopic (exact) mass is 2010 g/mol. The molecule has 18 aromatic carbocycles. The second kappa shape index (κ2) is 49.3. The van der Waals surface area contributed by atoms with Gasteiger partial charge in [0, 0.05) is 0 Å². The highest BCUT2D eigenvalue weighted by Gasteiger charge is 2.37. The van der Waals surface area contributed by atoms with Crippen LogP contribution in [0.4, 0.5) is 8.78 Å². The van der Waals surface area contributed by atoms with Crippen LogP contribution in [0, 0.1) is 53.2 Å². The first-order valence-corrected chi connectivity index (χ1v) is 55.4. The van der Waals surface area contributed by atoms with Crippen LogP contribution in [0.3, 0.4) is 0 Å². The van der Waals surface area contributed by atoms with Crippen molar-refractivity contribution in [1.29, 1.82) is 0 Å². The molecule has 6 nitrogen and oxygen atoms in total. The van der Waals surface area contributed by atoms with Crippen LogP contribution in [-0.2, 0) is 87.0 Å². The summed E-state index contributed by atoms with van der Waals surface area (Å²) in [7, 11) is -2.58. The van der Waals surface area contributed by atoms with E-state index in [0.717, 1.165) is 56.9 Å². The van der Waals surface area contributed by atoms with Crippen molar-refractivity contribution in [2.24, 2.45) is 0 Å². The van der Waals surface area contributed by atoms with Crippen molar-refractivity contribution < 1.29 is 39.4 Å². The first-order valence-electron chi connectivity index (χ1n) is 48.1. The average Bonchev–Trinajstić information content (AvgIpc) is 0.816. The Balaban J connectivity index is 0.000000145. The zero-order valence-electron chi connectivity index (χ0n) is 85.2. The Morgan fingerprint density at radius 1 is 0.153 bits per heavy atom. The largest absolute Gasteiger partial charge is 0.869 e. The molecule has 18 rings (SSSR count). The maximum absolute atomic E-state index is 13.3. The van der Waals surface area contributed by atoms with Gasteiger partial charge in [-0.3, -0.25) is 0 Å². The lowest BCUT2D eigenvalue weighted by Gasteiger charge is -2.21. The van der Waals surface area contributed by atoms with E-state index in [1.54, 1.807) is 48.5 Å². The highest BCUT2D eigenvalue weighted by molar-refractivity contribution is 7.98. The van der Waals surface area contributed by atoms with Crippen molar-refractivity contribution in [2.75, 3.05) is 0 Å². The van der Waals surface area contributed by atoms with Crippen LogP contribution in [0.15, 0.2) is 525 Å². The van der Waals surface area contributed by atoms with Gasteiger partial charge in [0.25, 0.3) is 0 Å². The third-order valence-electron chi connectivity index (χ3n) is 23.7. The number of benzene rings is 18. The topological polar surface area (TPSA) is 138 Å². The third kappa shape index (κ3) is 29.1. The Hall–Kier alpha value is -13.3. The first kappa shape index (κ1) is 108. The number of hydrogen-bond donors (Lipinski definition) is 0. The average molecular weight is 2010 g/mol. The molecule has 0 heterocycles. The van der Waals surface area contributed by atoms with E-state index in [9.17, 15) is 39.4 Å². The summed E-state index contributed by atoms with van der Waals surface area (Å²) in [6, 6.07) is 143. The molecule has 0 aliphatic rings. The van der Waals surface area contributed by atoms with Crippen molar-refractivity contribution in [3.63, 3.8) is 0 Å². The van der Waals surface area contributed by atoms with Gasteiger partial charge in [-0.15, -0.1) is 0 Å². The van der Waals surface area contributed by atoms with E-state index in [2.05, 4.69) is 287 Å². The van der Waals surface area contributed by atoms with Gasteiger partial charge in [0.1, 0.15) is 11.6 Å². The Bertz CT molecular complexity index is 6900. The third-order valence-corrected chi connectivity index (χ3v) is 37.3. The van der Waals surface area contributed by atoms with E-state index in [-0.39, 0.29) is 77.9 Å². The molecule has 0 aliphatic heterocycles. The van der Waals surface area contributed by atoms with Crippen LogP contribution in [0.5, 0.6) is 34.5 Å². The molecule has 732 valence electrons. The van der Waals surface area contributed by atoms with E-state index < -0.39 is 55.2 Å². The molecule has 0 N–H and O–H groups in total. The molecule has 14 heteroatoms. The molecular weight excluding hydrogens is 1890 g/mol. The van der Waals surface area contributed by atoms with Crippen LogP contribution in [0.1, 0.15) is 139 Å². The van der Waals surface area contributed by atoms with Crippen molar-refractivity contribution >= 4 is 65.4 Å². The lowest BCUT2D eigenvalue weighted by Crippen LogP contribution is -2.13. The molecule has 0 amide bonds. The van der Waals surface area contributed by atoms with Crippen LogP contribution < -0.4 is 30.6 Å². The molecule has 0 saturated carbocycles. The molecule has 0 spiro atoms. The maximum Gasteiger partial charge on any atom is 0.167 e. The molecule has 0 bridgehead atoms. The number of para-hydroxylation sites is 3. The summed E-state index contributed by atoms with van der Waals surface area (Å²) in [6.45, 7) is 39.0. The highest BCUT2D eigenvalue weighted by Crippen LogP contribution is 2.45. The van der Waals surface area contributed by atoms with Crippen LogP contribution in [0.2, 0.25) is 0 Å². The fraction of sp³-hybridized carbons (Fsp3) is 0.169. The normalized spacial score (nSPS) is 11.8. The van der Waals surface area contributed by atoms with Crippen molar-refractivity contribution in [3.8, 4) is 34.5 Å². The standard InChI is InChI=1S/C27H32OS.C26H30OS.2C20H18OS.C19H15FOS.C18H13FOS/c1-19-8-17-25(24(28)18-19)29(22-13-9-20(10-14-22)26(2,3)4)23-15-11-21(12-16-23)27(5,6)7;1-25(2,3)19-11-15-21(16-12-19)28(24-10-8-7-9-23(24)27)22-17-13-20(14-18-22)26(4,5)6;1-15-12-16(2)14-18(13-15)22(17-8-4-3-5-9-17)20-11-7-6-10-19(20)21;1-15-7-11-17(12-8-15)22(18-13-9-16(2)10-14-18)20-6-4-3-5-19(20)21;1-14-7-10-17(11-8-14)22(16-5-3-2-4-6-16)19-12-9-15(20)13-18(19)21;19-14-11-12-18(17(20)13-14)21(15-7-3-1-4-8-15)16-9-5-2-6-10-16/h8-18H,1-7H3;7-18H,1-6H3;2*3-14H,1-2H3;2-13H,1H3;1-13H. The van der Waals surface area contributed by atoms with Gasteiger partial charge in [0.15, 0.2) is 88.1 Å². The number of aryl methyl sites for hydroxylation is 6. The molecule has 2 unspecified atom stereocenters. The highest BCUT2D eigenvalue weighted by atomic mass is 32.2.